The van der Waals surface area contributed by atoms with E-state index in [0.29, 0.717) is 30.4 Å². The Labute approximate surface area is 157 Å². The number of phenolic OH excluding ortho intramolecular Hbond substituents is 1. The van der Waals surface area contributed by atoms with E-state index in [1.165, 1.54) is 0 Å². The molecule has 0 aliphatic carbocycles. The van der Waals surface area contributed by atoms with E-state index in [2.05, 4.69) is 9.97 Å². The molecule has 6 nitrogen and oxygen atoms in total. The number of hydrogen-bond acceptors (Lipinski definition) is 5. The average molecular weight is 366 g/mol. The van der Waals surface area contributed by atoms with E-state index < -0.39 is 5.69 Å². The zero-order chi connectivity index (χ0) is 19.2. The van der Waals surface area contributed by atoms with Gasteiger partial charge in [-0.15, -0.1) is 0 Å². The standard InChI is InChI=1S/C21H22N2O4/c1-14-12-15(8-9-19(14)24)17-13-18(23-21(25)22-17)16-6-3-4-7-20(16)27-11-5-10-26-2/h3-4,6-9,12-13,24H,5,10-11H2,1-2H3,(H,22,23,25). The second-order valence-electron chi connectivity index (χ2n) is 6.18. The van der Waals surface area contributed by atoms with Crippen LogP contribution in [0, 0.1) is 6.92 Å². The molecule has 0 unspecified atom stereocenters. The predicted molar refractivity (Wildman–Crippen MR) is 104 cm³/mol. The highest BCUT2D eigenvalue weighted by Crippen LogP contribution is 2.30. The lowest BCUT2D eigenvalue weighted by Crippen LogP contribution is -2.12. The van der Waals surface area contributed by atoms with E-state index in [9.17, 15) is 9.90 Å². The summed E-state index contributed by atoms with van der Waals surface area (Å²) in [6, 6.07) is 14.5. The van der Waals surface area contributed by atoms with Crippen LogP contribution in [-0.4, -0.2) is 35.4 Å². The minimum absolute atomic E-state index is 0.207. The van der Waals surface area contributed by atoms with Crippen molar-refractivity contribution in [1.82, 2.24) is 9.97 Å². The molecular formula is C21H22N2O4. The van der Waals surface area contributed by atoms with Crippen molar-refractivity contribution < 1.29 is 14.6 Å². The molecule has 0 bridgehead atoms. The Bertz CT molecular complexity index is 982. The Morgan fingerprint density at radius 1 is 1.11 bits per heavy atom. The average Bonchev–Trinajstić information content (AvgIpc) is 2.67. The van der Waals surface area contributed by atoms with Crippen molar-refractivity contribution in [3.8, 4) is 34.0 Å². The maximum atomic E-state index is 12.1. The summed E-state index contributed by atoms with van der Waals surface area (Å²) in [4.78, 5) is 19.0. The molecule has 1 aromatic heterocycles. The van der Waals surface area contributed by atoms with Gasteiger partial charge >= 0.3 is 5.69 Å². The van der Waals surface area contributed by atoms with Crippen LogP contribution < -0.4 is 10.4 Å². The summed E-state index contributed by atoms with van der Waals surface area (Å²) in [7, 11) is 1.65. The van der Waals surface area contributed by atoms with E-state index in [1.807, 2.05) is 30.3 Å². The third kappa shape index (κ3) is 4.54. The second kappa shape index (κ2) is 8.51. The monoisotopic (exact) mass is 366 g/mol. The molecule has 0 saturated carbocycles. The largest absolute Gasteiger partial charge is 0.508 e. The Morgan fingerprint density at radius 3 is 2.70 bits per heavy atom. The second-order valence-corrected chi connectivity index (χ2v) is 6.18. The lowest BCUT2D eigenvalue weighted by molar-refractivity contribution is 0.172. The fraction of sp³-hybridized carbons (Fsp3) is 0.238. The summed E-state index contributed by atoms with van der Waals surface area (Å²) in [5, 5.41) is 9.72. The molecule has 27 heavy (non-hydrogen) atoms. The fourth-order valence-electron chi connectivity index (χ4n) is 2.77. The molecule has 0 radical (unpaired) electrons. The molecule has 0 aliphatic heterocycles. The van der Waals surface area contributed by atoms with Crippen LogP contribution in [0.4, 0.5) is 0 Å². The zero-order valence-corrected chi connectivity index (χ0v) is 15.4. The summed E-state index contributed by atoms with van der Waals surface area (Å²) >= 11 is 0. The number of nitrogens with one attached hydrogen (secondary N) is 1. The van der Waals surface area contributed by atoms with Gasteiger partial charge in [-0.1, -0.05) is 12.1 Å². The first-order chi connectivity index (χ1) is 13.1. The molecule has 6 heteroatoms. The number of nitrogens with zero attached hydrogens (tertiary/aromatic N) is 1. The van der Waals surface area contributed by atoms with Gasteiger partial charge in [-0.05, 0) is 48.9 Å². The molecule has 0 fully saturated rings. The van der Waals surface area contributed by atoms with Crippen molar-refractivity contribution in [2.45, 2.75) is 13.3 Å². The quantitative estimate of drug-likeness (QED) is 0.625. The van der Waals surface area contributed by atoms with E-state index in [0.717, 1.165) is 23.1 Å². The first kappa shape index (κ1) is 18.7. The summed E-state index contributed by atoms with van der Waals surface area (Å²) in [5.74, 6) is 0.891. The number of hydrogen-bond donors (Lipinski definition) is 2. The van der Waals surface area contributed by atoms with Crippen LogP contribution >= 0.6 is 0 Å². The van der Waals surface area contributed by atoms with Gasteiger partial charge < -0.3 is 19.6 Å². The highest BCUT2D eigenvalue weighted by molar-refractivity contribution is 5.72. The molecule has 2 aromatic carbocycles. The molecule has 0 saturated heterocycles. The number of methoxy groups -OCH3 is 1. The number of para-hydroxylation sites is 1. The van der Waals surface area contributed by atoms with Crippen LogP contribution in [0.5, 0.6) is 11.5 Å². The van der Waals surface area contributed by atoms with Crippen LogP contribution in [0.2, 0.25) is 0 Å². The summed E-state index contributed by atoms with van der Waals surface area (Å²) in [6.07, 6.45) is 0.774. The van der Waals surface area contributed by atoms with Crippen LogP contribution in [0.25, 0.3) is 22.5 Å². The first-order valence-electron chi connectivity index (χ1n) is 8.71. The number of benzene rings is 2. The normalized spacial score (nSPS) is 10.7. The number of ether oxygens (including phenoxy) is 2. The van der Waals surface area contributed by atoms with Gasteiger partial charge in [0.2, 0.25) is 0 Å². The molecule has 0 aliphatic rings. The topological polar surface area (TPSA) is 84.4 Å². The van der Waals surface area contributed by atoms with Gasteiger partial charge in [-0.3, -0.25) is 0 Å². The van der Waals surface area contributed by atoms with Crippen molar-refractivity contribution in [2.75, 3.05) is 20.3 Å². The van der Waals surface area contributed by atoms with Crippen LogP contribution in [-0.2, 0) is 4.74 Å². The number of aryl methyl sites for hydroxylation is 1. The summed E-state index contributed by atoms with van der Waals surface area (Å²) in [5.41, 5.74) is 2.98. The first-order valence-corrected chi connectivity index (χ1v) is 8.71. The molecule has 2 N–H and O–H groups in total. The van der Waals surface area contributed by atoms with Crippen LogP contribution in [0.15, 0.2) is 53.3 Å². The molecule has 0 amide bonds. The number of rotatable bonds is 7. The molecule has 0 atom stereocenters. The van der Waals surface area contributed by atoms with Gasteiger partial charge in [-0.25, -0.2) is 4.79 Å². The van der Waals surface area contributed by atoms with Gasteiger partial charge in [-0.2, -0.15) is 4.98 Å². The fourth-order valence-corrected chi connectivity index (χ4v) is 2.77. The number of aromatic hydroxyl groups is 1. The maximum absolute atomic E-state index is 12.1. The van der Waals surface area contributed by atoms with E-state index in [4.69, 9.17) is 9.47 Å². The Morgan fingerprint density at radius 2 is 1.93 bits per heavy atom. The van der Waals surface area contributed by atoms with E-state index in [-0.39, 0.29) is 5.75 Å². The lowest BCUT2D eigenvalue weighted by Gasteiger charge is -2.12. The van der Waals surface area contributed by atoms with Crippen LogP contribution in [0.1, 0.15) is 12.0 Å². The Hall–Kier alpha value is -3.12. The number of H-pyrrole nitrogens is 1. The van der Waals surface area contributed by atoms with Crippen molar-refractivity contribution in [1.29, 1.82) is 0 Å². The molecule has 3 aromatic rings. The van der Waals surface area contributed by atoms with Gasteiger partial charge in [0.15, 0.2) is 0 Å². The van der Waals surface area contributed by atoms with Gasteiger partial charge in [0.05, 0.1) is 18.0 Å². The molecule has 140 valence electrons. The molecule has 0 spiro atoms. The maximum Gasteiger partial charge on any atom is 0.345 e. The minimum atomic E-state index is -0.442. The highest BCUT2D eigenvalue weighted by atomic mass is 16.5. The number of aromatic nitrogens is 2. The highest BCUT2D eigenvalue weighted by Gasteiger charge is 2.11. The molecule has 1 heterocycles. The lowest BCUT2D eigenvalue weighted by atomic mass is 10.0. The van der Waals surface area contributed by atoms with E-state index in [1.54, 1.807) is 32.2 Å². The predicted octanol–water partition coefficient (Wildman–Crippen LogP) is 3.53. The Balaban J connectivity index is 1.97. The van der Waals surface area contributed by atoms with Crippen molar-refractivity contribution >= 4 is 0 Å². The van der Waals surface area contributed by atoms with Gasteiger partial charge in [0, 0.05) is 31.3 Å². The van der Waals surface area contributed by atoms with Crippen molar-refractivity contribution in [3.05, 3.63) is 64.6 Å². The summed E-state index contributed by atoms with van der Waals surface area (Å²) in [6.45, 7) is 2.94. The number of aromatic amines is 1. The third-order valence-electron chi connectivity index (χ3n) is 4.16. The van der Waals surface area contributed by atoms with Gasteiger partial charge in [0.25, 0.3) is 0 Å². The van der Waals surface area contributed by atoms with Gasteiger partial charge in [0.1, 0.15) is 11.5 Å². The summed E-state index contributed by atoms with van der Waals surface area (Å²) < 4.78 is 10.9. The smallest absolute Gasteiger partial charge is 0.345 e. The molecular weight excluding hydrogens is 344 g/mol. The van der Waals surface area contributed by atoms with Crippen LogP contribution in [0.3, 0.4) is 0 Å². The zero-order valence-electron chi connectivity index (χ0n) is 15.4. The minimum Gasteiger partial charge on any atom is -0.508 e. The Kier molecular flexibility index (Phi) is 5.88. The SMILES string of the molecule is COCCCOc1ccccc1-c1cc(-c2ccc(O)c(C)c2)nc(=O)[nH]1. The van der Waals surface area contributed by atoms with Crippen molar-refractivity contribution in [3.63, 3.8) is 0 Å². The van der Waals surface area contributed by atoms with Crippen molar-refractivity contribution in [2.24, 2.45) is 0 Å². The van der Waals surface area contributed by atoms with E-state index >= 15 is 0 Å². The third-order valence-corrected chi connectivity index (χ3v) is 4.16. The number of phenols is 1. The molecule has 3 rings (SSSR count).